The summed E-state index contributed by atoms with van der Waals surface area (Å²) < 4.78 is 0. The van der Waals surface area contributed by atoms with Gasteiger partial charge in [0.05, 0.1) is 11.5 Å². The molecule has 5 nitrogen and oxygen atoms in total. The third kappa shape index (κ3) is 1.87. The molecule has 1 rings (SSSR count). The Bertz CT molecular complexity index is 276. The molecule has 0 saturated carbocycles. The maximum Gasteiger partial charge on any atom is 0.308 e. The van der Waals surface area contributed by atoms with Gasteiger partial charge in [0.25, 0.3) is 0 Å². The summed E-state index contributed by atoms with van der Waals surface area (Å²) in [6.07, 6.45) is 0. The Balaban J connectivity index is 3.09. The number of piperidine rings is 1. The van der Waals surface area contributed by atoms with Crippen molar-refractivity contribution in [3.8, 4) is 0 Å². The van der Waals surface area contributed by atoms with E-state index in [1.165, 1.54) is 0 Å². The van der Waals surface area contributed by atoms with E-state index in [0.29, 0.717) is 6.54 Å². The first-order valence-corrected chi connectivity index (χ1v) is 5.05. The van der Waals surface area contributed by atoms with Gasteiger partial charge in [-0.15, -0.1) is 0 Å². The number of carboxylic acids is 1. The van der Waals surface area contributed by atoms with Crippen LogP contribution in [-0.4, -0.2) is 39.5 Å². The van der Waals surface area contributed by atoms with Crippen LogP contribution in [-0.2, 0) is 4.79 Å². The Morgan fingerprint density at radius 2 is 1.87 bits per heavy atom. The molecule has 0 spiro atoms. The zero-order valence-corrected chi connectivity index (χ0v) is 9.69. The second-order valence-electron chi connectivity index (χ2n) is 5.54. The minimum atomic E-state index is -0.895. The fourth-order valence-electron chi connectivity index (χ4n) is 2.24. The lowest BCUT2D eigenvalue weighted by Crippen LogP contribution is -2.68. The normalized spacial score (nSPS) is 35.1. The molecule has 1 heterocycles. The monoisotopic (exact) mass is 216 g/mol. The molecule has 15 heavy (non-hydrogen) atoms. The predicted octanol–water partition coefficient (Wildman–Crippen LogP) is 0.524. The number of carbonyl (C=O) groups is 1. The fourth-order valence-corrected chi connectivity index (χ4v) is 2.24. The summed E-state index contributed by atoms with van der Waals surface area (Å²) in [5.74, 6) is -1.54. The van der Waals surface area contributed by atoms with E-state index in [9.17, 15) is 15.1 Å². The molecule has 0 amide bonds. The van der Waals surface area contributed by atoms with Crippen molar-refractivity contribution >= 4 is 5.97 Å². The average Bonchev–Trinajstić information content (AvgIpc) is 1.99. The fraction of sp³-hybridized carbons (Fsp3) is 0.900. The summed E-state index contributed by atoms with van der Waals surface area (Å²) in [4.78, 5) is 11.2. The van der Waals surface area contributed by atoms with Crippen LogP contribution in [0.3, 0.4) is 0 Å². The second kappa shape index (κ2) is 3.43. The molecule has 0 aromatic carbocycles. The molecule has 1 aliphatic heterocycles. The molecule has 5 heteroatoms. The molecule has 1 saturated heterocycles. The van der Waals surface area contributed by atoms with E-state index in [1.54, 1.807) is 13.8 Å². The minimum Gasteiger partial charge on any atom is -0.481 e. The van der Waals surface area contributed by atoms with Crippen molar-refractivity contribution in [3.05, 3.63) is 0 Å². The van der Waals surface area contributed by atoms with Crippen molar-refractivity contribution in [1.82, 2.24) is 5.06 Å². The van der Waals surface area contributed by atoms with Gasteiger partial charge in [0.1, 0.15) is 0 Å². The molecule has 4 N–H and O–H groups in total. The Morgan fingerprint density at radius 3 is 2.27 bits per heavy atom. The average molecular weight is 216 g/mol. The van der Waals surface area contributed by atoms with Crippen molar-refractivity contribution in [2.75, 3.05) is 6.54 Å². The van der Waals surface area contributed by atoms with Gasteiger partial charge in [-0.3, -0.25) is 4.79 Å². The van der Waals surface area contributed by atoms with Crippen molar-refractivity contribution < 1.29 is 15.1 Å². The Kier molecular flexibility index (Phi) is 2.84. The van der Waals surface area contributed by atoms with E-state index in [4.69, 9.17) is 5.73 Å². The van der Waals surface area contributed by atoms with Gasteiger partial charge >= 0.3 is 5.97 Å². The second-order valence-corrected chi connectivity index (χ2v) is 5.54. The van der Waals surface area contributed by atoms with Gasteiger partial charge in [-0.1, -0.05) is 13.8 Å². The lowest BCUT2D eigenvalue weighted by molar-refractivity contribution is -0.227. The molecule has 1 fully saturated rings. The molecule has 88 valence electrons. The molecule has 0 bridgehead atoms. The Labute approximate surface area is 89.8 Å². The van der Waals surface area contributed by atoms with Crippen LogP contribution in [0.5, 0.6) is 0 Å². The molecular formula is C10H20N2O3. The number of nitrogens with two attached hydrogens (primary N) is 1. The highest BCUT2D eigenvalue weighted by Crippen LogP contribution is 2.40. The van der Waals surface area contributed by atoms with E-state index >= 15 is 0 Å². The summed E-state index contributed by atoms with van der Waals surface area (Å²) in [6, 6.07) is -0.594. The van der Waals surface area contributed by atoms with Gasteiger partial charge in [-0.25, -0.2) is 0 Å². The van der Waals surface area contributed by atoms with Crippen LogP contribution in [0.2, 0.25) is 0 Å². The number of carboxylic acid groups (broad SMARTS) is 1. The summed E-state index contributed by atoms with van der Waals surface area (Å²) >= 11 is 0. The zero-order chi connectivity index (χ0) is 12.0. The van der Waals surface area contributed by atoms with Gasteiger partial charge in [0.2, 0.25) is 0 Å². The van der Waals surface area contributed by atoms with Crippen molar-refractivity contribution in [3.63, 3.8) is 0 Å². The number of rotatable bonds is 1. The molecular weight excluding hydrogens is 196 g/mol. The standard InChI is InChI=1S/C10H20N2O3/c1-9(2)5-12(15)10(3,4)7(11)6(9)8(13)14/h6-7,15H,5,11H2,1-4H3,(H,13,14). The van der Waals surface area contributed by atoms with Crippen LogP contribution in [0.4, 0.5) is 0 Å². The summed E-state index contributed by atoms with van der Waals surface area (Å²) in [7, 11) is 0. The minimum absolute atomic E-state index is 0.310. The largest absolute Gasteiger partial charge is 0.481 e. The highest BCUT2D eigenvalue weighted by Gasteiger charge is 2.53. The smallest absolute Gasteiger partial charge is 0.308 e. The molecule has 2 atom stereocenters. The number of hydrogen-bond donors (Lipinski definition) is 3. The van der Waals surface area contributed by atoms with Gasteiger partial charge in [0, 0.05) is 12.6 Å². The third-order valence-corrected chi connectivity index (χ3v) is 3.51. The number of hydroxylamine groups is 2. The van der Waals surface area contributed by atoms with Crippen LogP contribution in [0.15, 0.2) is 0 Å². The maximum atomic E-state index is 11.2. The van der Waals surface area contributed by atoms with Crippen molar-refractivity contribution in [2.24, 2.45) is 17.1 Å². The molecule has 0 radical (unpaired) electrons. The molecule has 0 aliphatic carbocycles. The summed E-state index contributed by atoms with van der Waals surface area (Å²) in [6.45, 7) is 7.44. The zero-order valence-electron chi connectivity index (χ0n) is 9.69. The SMILES string of the molecule is CC1(C)CN(O)C(C)(C)C(N)C1C(=O)O. The molecule has 2 unspecified atom stereocenters. The van der Waals surface area contributed by atoms with Crippen LogP contribution >= 0.6 is 0 Å². The van der Waals surface area contributed by atoms with Gasteiger partial charge in [-0.2, -0.15) is 5.06 Å². The maximum absolute atomic E-state index is 11.2. The van der Waals surface area contributed by atoms with Gasteiger partial charge in [-0.05, 0) is 19.3 Å². The van der Waals surface area contributed by atoms with Gasteiger partial charge in [0.15, 0.2) is 0 Å². The lowest BCUT2D eigenvalue weighted by atomic mass is 9.66. The number of hydrogen-bond acceptors (Lipinski definition) is 4. The van der Waals surface area contributed by atoms with E-state index < -0.39 is 28.9 Å². The quantitative estimate of drug-likeness (QED) is 0.595. The molecule has 0 aromatic heterocycles. The van der Waals surface area contributed by atoms with Gasteiger partial charge < -0.3 is 16.0 Å². The van der Waals surface area contributed by atoms with Crippen molar-refractivity contribution in [2.45, 2.75) is 39.3 Å². The lowest BCUT2D eigenvalue weighted by Gasteiger charge is -2.52. The Hall–Kier alpha value is -0.650. The summed E-state index contributed by atoms with van der Waals surface area (Å²) in [5.41, 5.74) is 4.70. The highest BCUT2D eigenvalue weighted by molar-refractivity contribution is 5.72. The first kappa shape index (κ1) is 12.4. The molecule has 0 aromatic rings. The third-order valence-electron chi connectivity index (χ3n) is 3.51. The van der Waals surface area contributed by atoms with Crippen molar-refractivity contribution in [1.29, 1.82) is 0 Å². The van der Waals surface area contributed by atoms with E-state index in [2.05, 4.69) is 0 Å². The van der Waals surface area contributed by atoms with Crippen LogP contribution < -0.4 is 5.73 Å². The first-order chi connectivity index (χ1) is 6.60. The van der Waals surface area contributed by atoms with E-state index in [-0.39, 0.29) is 0 Å². The number of aliphatic carboxylic acids is 1. The topological polar surface area (TPSA) is 86.8 Å². The predicted molar refractivity (Wildman–Crippen MR) is 55.5 cm³/mol. The number of nitrogens with zero attached hydrogens (tertiary/aromatic N) is 1. The van der Waals surface area contributed by atoms with E-state index in [0.717, 1.165) is 5.06 Å². The van der Waals surface area contributed by atoms with E-state index in [1.807, 2.05) is 13.8 Å². The molecule has 1 aliphatic rings. The summed E-state index contributed by atoms with van der Waals surface area (Å²) in [5, 5.41) is 20.1. The van der Waals surface area contributed by atoms with Crippen LogP contribution in [0.1, 0.15) is 27.7 Å². The van der Waals surface area contributed by atoms with Crippen LogP contribution in [0.25, 0.3) is 0 Å². The van der Waals surface area contributed by atoms with Crippen LogP contribution in [0, 0.1) is 11.3 Å². The highest BCUT2D eigenvalue weighted by atomic mass is 16.5. The Morgan fingerprint density at radius 1 is 1.40 bits per heavy atom. The first-order valence-electron chi connectivity index (χ1n) is 5.05.